The molecule has 0 bridgehead atoms. The van der Waals surface area contributed by atoms with Crippen LogP contribution in [0.3, 0.4) is 0 Å². The number of hydrogen-bond acceptors (Lipinski definition) is 5. The number of carbonyl (C=O) groups excluding carboxylic acids is 2. The Morgan fingerprint density at radius 3 is 2.44 bits per heavy atom. The summed E-state index contributed by atoms with van der Waals surface area (Å²) in [4.78, 5) is 28.0. The molecule has 0 saturated carbocycles. The third kappa shape index (κ3) is 4.95. The highest BCUT2D eigenvalue weighted by atomic mass is 32.1. The van der Waals surface area contributed by atoms with Crippen molar-refractivity contribution in [3.63, 3.8) is 0 Å². The standard InChI is InChI=1S/C19H25N3O4S/c1-2-25-18(24)14-5-7-15(8-6-14)20-19(27)22-11-9-21(10-12-22)17(23)16-4-3-13-26-16/h5-8,16H,2-4,9-13H2,1H3,(H,20,27)/t16-/m0/s1. The molecule has 1 atom stereocenters. The van der Waals surface area contributed by atoms with E-state index in [1.165, 1.54) is 0 Å². The number of rotatable bonds is 4. The monoisotopic (exact) mass is 391 g/mol. The molecule has 2 saturated heterocycles. The van der Waals surface area contributed by atoms with Gasteiger partial charge in [-0.2, -0.15) is 0 Å². The summed E-state index contributed by atoms with van der Waals surface area (Å²) in [6.45, 7) is 5.46. The predicted octanol–water partition coefficient (Wildman–Crippen LogP) is 1.88. The van der Waals surface area contributed by atoms with Gasteiger partial charge in [0.05, 0.1) is 12.2 Å². The molecule has 7 nitrogen and oxygen atoms in total. The highest BCUT2D eigenvalue weighted by molar-refractivity contribution is 7.80. The predicted molar refractivity (Wildman–Crippen MR) is 106 cm³/mol. The zero-order chi connectivity index (χ0) is 19.2. The fourth-order valence-electron chi connectivity index (χ4n) is 3.21. The lowest BCUT2D eigenvalue weighted by molar-refractivity contribution is -0.142. The number of ether oxygens (including phenoxy) is 2. The molecule has 0 radical (unpaired) electrons. The summed E-state index contributed by atoms with van der Waals surface area (Å²) in [5.41, 5.74) is 1.32. The van der Waals surface area contributed by atoms with Gasteiger partial charge >= 0.3 is 5.97 Å². The van der Waals surface area contributed by atoms with Crippen molar-refractivity contribution in [2.75, 3.05) is 44.7 Å². The van der Waals surface area contributed by atoms with Gasteiger partial charge in [-0.05, 0) is 56.2 Å². The van der Waals surface area contributed by atoms with Gasteiger partial charge in [0.15, 0.2) is 5.11 Å². The van der Waals surface area contributed by atoms with Crippen LogP contribution in [0.25, 0.3) is 0 Å². The van der Waals surface area contributed by atoms with E-state index in [1.807, 2.05) is 9.80 Å². The van der Waals surface area contributed by atoms with Crippen LogP contribution in [0.4, 0.5) is 5.69 Å². The van der Waals surface area contributed by atoms with Crippen LogP contribution in [0.15, 0.2) is 24.3 Å². The Labute approximate surface area is 164 Å². The summed E-state index contributed by atoms with van der Waals surface area (Å²) in [5, 5.41) is 3.80. The number of amides is 1. The number of esters is 1. The highest BCUT2D eigenvalue weighted by Crippen LogP contribution is 2.17. The van der Waals surface area contributed by atoms with Crippen LogP contribution in [0.2, 0.25) is 0 Å². The lowest BCUT2D eigenvalue weighted by Gasteiger charge is -2.37. The molecule has 27 heavy (non-hydrogen) atoms. The van der Waals surface area contributed by atoms with Crippen molar-refractivity contribution in [1.29, 1.82) is 0 Å². The maximum Gasteiger partial charge on any atom is 0.338 e. The topological polar surface area (TPSA) is 71.1 Å². The number of nitrogens with one attached hydrogen (secondary N) is 1. The van der Waals surface area contributed by atoms with Gasteiger partial charge in [-0.1, -0.05) is 0 Å². The molecule has 2 heterocycles. The summed E-state index contributed by atoms with van der Waals surface area (Å²) in [7, 11) is 0. The molecule has 2 aliphatic heterocycles. The van der Waals surface area contributed by atoms with Gasteiger partial charge in [-0.3, -0.25) is 4.79 Å². The molecule has 2 fully saturated rings. The van der Waals surface area contributed by atoms with E-state index in [0.29, 0.717) is 50.1 Å². The average Bonchev–Trinajstić information content (AvgIpc) is 3.23. The van der Waals surface area contributed by atoms with Crippen molar-refractivity contribution in [3.05, 3.63) is 29.8 Å². The van der Waals surface area contributed by atoms with Crippen LogP contribution in [0.1, 0.15) is 30.1 Å². The smallest absolute Gasteiger partial charge is 0.338 e. The first-order chi connectivity index (χ1) is 13.1. The van der Waals surface area contributed by atoms with Crippen molar-refractivity contribution in [3.8, 4) is 0 Å². The Balaban J connectivity index is 1.48. The SMILES string of the molecule is CCOC(=O)c1ccc(NC(=S)N2CCN(C(=O)[C@@H]3CCCO3)CC2)cc1. The normalized spacial score (nSPS) is 19.7. The van der Waals surface area contributed by atoms with Crippen molar-refractivity contribution >= 4 is 34.9 Å². The largest absolute Gasteiger partial charge is 0.462 e. The molecule has 2 aliphatic rings. The summed E-state index contributed by atoms with van der Waals surface area (Å²) in [5.74, 6) is -0.237. The molecular weight excluding hydrogens is 366 g/mol. The van der Waals surface area contributed by atoms with Gasteiger partial charge in [-0.15, -0.1) is 0 Å². The zero-order valence-electron chi connectivity index (χ0n) is 15.5. The van der Waals surface area contributed by atoms with E-state index < -0.39 is 0 Å². The molecule has 1 N–H and O–H groups in total. The minimum atomic E-state index is -0.335. The number of benzene rings is 1. The third-order valence-electron chi connectivity index (χ3n) is 4.73. The van der Waals surface area contributed by atoms with Crippen LogP contribution in [0, 0.1) is 0 Å². The van der Waals surface area contributed by atoms with Crippen molar-refractivity contribution in [2.45, 2.75) is 25.9 Å². The van der Waals surface area contributed by atoms with Crippen LogP contribution in [-0.4, -0.2) is 72.3 Å². The molecule has 1 amide bonds. The Bertz CT molecular complexity index is 681. The van der Waals surface area contributed by atoms with E-state index in [4.69, 9.17) is 21.7 Å². The molecule has 0 unspecified atom stereocenters. The Morgan fingerprint density at radius 2 is 1.85 bits per heavy atom. The van der Waals surface area contributed by atoms with Gasteiger partial charge in [0.25, 0.3) is 5.91 Å². The molecule has 8 heteroatoms. The highest BCUT2D eigenvalue weighted by Gasteiger charge is 2.30. The lowest BCUT2D eigenvalue weighted by Crippen LogP contribution is -2.53. The maximum atomic E-state index is 12.4. The Hall–Kier alpha value is -2.19. The van der Waals surface area contributed by atoms with Gasteiger partial charge in [0, 0.05) is 38.5 Å². The molecule has 0 aromatic heterocycles. The van der Waals surface area contributed by atoms with E-state index >= 15 is 0 Å². The van der Waals surface area contributed by atoms with Gasteiger partial charge in [0.2, 0.25) is 0 Å². The zero-order valence-corrected chi connectivity index (χ0v) is 16.3. The second kappa shape index (κ2) is 9.14. The van der Waals surface area contributed by atoms with E-state index in [0.717, 1.165) is 18.5 Å². The van der Waals surface area contributed by atoms with Crippen LogP contribution in [-0.2, 0) is 14.3 Å². The van der Waals surface area contributed by atoms with Crippen molar-refractivity contribution < 1.29 is 19.1 Å². The van der Waals surface area contributed by atoms with E-state index in [-0.39, 0.29) is 18.0 Å². The molecular formula is C19H25N3O4S. The fraction of sp³-hybridized carbons (Fsp3) is 0.526. The van der Waals surface area contributed by atoms with E-state index in [9.17, 15) is 9.59 Å². The first-order valence-electron chi connectivity index (χ1n) is 9.32. The average molecular weight is 391 g/mol. The lowest BCUT2D eigenvalue weighted by atomic mass is 10.2. The van der Waals surface area contributed by atoms with Crippen LogP contribution < -0.4 is 5.32 Å². The quantitative estimate of drug-likeness (QED) is 0.621. The second-order valence-electron chi connectivity index (χ2n) is 6.54. The first-order valence-corrected chi connectivity index (χ1v) is 9.73. The van der Waals surface area contributed by atoms with Crippen molar-refractivity contribution in [1.82, 2.24) is 9.80 Å². The molecule has 0 aliphatic carbocycles. The molecule has 1 aromatic rings. The molecule has 3 rings (SSSR count). The number of carbonyl (C=O) groups is 2. The fourth-order valence-corrected chi connectivity index (χ4v) is 3.51. The number of thiocarbonyl (C=S) groups is 1. The minimum absolute atomic E-state index is 0.0978. The number of anilines is 1. The number of piperazine rings is 1. The number of hydrogen-bond donors (Lipinski definition) is 1. The first kappa shape index (κ1) is 19.6. The van der Waals surface area contributed by atoms with Crippen molar-refractivity contribution in [2.24, 2.45) is 0 Å². The number of nitrogens with zero attached hydrogens (tertiary/aromatic N) is 2. The maximum absolute atomic E-state index is 12.4. The van der Waals surface area contributed by atoms with E-state index in [2.05, 4.69) is 5.32 Å². The summed E-state index contributed by atoms with van der Waals surface area (Å²) >= 11 is 5.49. The van der Waals surface area contributed by atoms with E-state index in [1.54, 1.807) is 31.2 Å². The molecule has 1 aromatic carbocycles. The second-order valence-corrected chi connectivity index (χ2v) is 6.93. The van der Waals surface area contributed by atoms with Crippen LogP contribution >= 0.6 is 12.2 Å². The summed E-state index contributed by atoms with van der Waals surface area (Å²) in [6, 6.07) is 7.02. The summed E-state index contributed by atoms with van der Waals surface area (Å²) < 4.78 is 10.5. The minimum Gasteiger partial charge on any atom is -0.462 e. The molecule has 0 spiro atoms. The Kier molecular flexibility index (Phi) is 6.63. The third-order valence-corrected chi connectivity index (χ3v) is 5.09. The summed E-state index contributed by atoms with van der Waals surface area (Å²) in [6.07, 6.45) is 1.51. The van der Waals surface area contributed by atoms with Crippen LogP contribution in [0.5, 0.6) is 0 Å². The van der Waals surface area contributed by atoms with Gasteiger partial charge < -0.3 is 24.6 Å². The Morgan fingerprint density at radius 1 is 1.19 bits per heavy atom. The molecule has 146 valence electrons. The van der Waals surface area contributed by atoms with Gasteiger partial charge in [0.1, 0.15) is 6.10 Å². The van der Waals surface area contributed by atoms with Gasteiger partial charge in [-0.25, -0.2) is 4.79 Å².